The molecule has 0 aliphatic heterocycles. The lowest BCUT2D eigenvalue weighted by atomic mass is 10.2. The van der Waals surface area contributed by atoms with E-state index in [1.807, 2.05) is 13.0 Å². The minimum atomic E-state index is -0.793. The average Bonchev–Trinajstić information content (AvgIpc) is 2.81. The molecule has 3 rings (SSSR count). The van der Waals surface area contributed by atoms with Crippen LogP contribution < -0.4 is 24.8 Å². The van der Waals surface area contributed by atoms with Gasteiger partial charge in [-0.1, -0.05) is 29.8 Å². The molecular formula is C25H25ClN2O5. The molecule has 3 aromatic rings. The molecule has 7 nitrogen and oxygen atoms in total. The summed E-state index contributed by atoms with van der Waals surface area (Å²) in [5, 5.41) is 6.19. The molecule has 0 radical (unpaired) electrons. The van der Waals surface area contributed by atoms with Gasteiger partial charge in [-0.2, -0.15) is 0 Å². The van der Waals surface area contributed by atoms with Gasteiger partial charge in [0, 0.05) is 22.7 Å². The summed E-state index contributed by atoms with van der Waals surface area (Å²) in [7, 11) is 2.94. The highest BCUT2D eigenvalue weighted by Gasteiger charge is 2.20. The van der Waals surface area contributed by atoms with Gasteiger partial charge >= 0.3 is 0 Å². The first kappa shape index (κ1) is 23.9. The van der Waals surface area contributed by atoms with E-state index in [1.54, 1.807) is 61.5 Å². The molecule has 0 aliphatic carbocycles. The van der Waals surface area contributed by atoms with E-state index in [0.717, 1.165) is 5.56 Å². The van der Waals surface area contributed by atoms with Gasteiger partial charge in [0.15, 0.2) is 6.10 Å². The largest absolute Gasteiger partial charge is 0.494 e. The molecular weight excluding hydrogens is 444 g/mol. The number of carbonyl (C=O) groups is 2. The van der Waals surface area contributed by atoms with Gasteiger partial charge in [0.25, 0.3) is 11.8 Å². The second-order valence-electron chi connectivity index (χ2n) is 7.23. The van der Waals surface area contributed by atoms with Crippen molar-refractivity contribution in [3.8, 4) is 17.2 Å². The highest BCUT2D eigenvalue weighted by molar-refractivity contribution is 6.30. The van der Waals surface area contributed by atoms with Gasteiger partial charge in [0.1, 0.15) is 17.2 Å². The van der Waals surface area contributed by atoms with Crippen molar-refractivity contribution in [3.63, 3.8) is 0 Å². The van der Waals surface area contributed by atoms with Crippen molar-refractivity contribution >= 4 is 34.8 Å². The van der Waals surface area contributed by atoms with Crippen LogP contribution in [0.4, 0.5) is 11.4 Å². The van der Waals surface area contributed by atoms with Gasteiger partial charge in [-0.3, -0.25) is 9.59 Å². The lowest BCUT2D eigenvalue weighted by molar-refractivity contribution is -0.122. The van der Waals surface area contributed by atoms with Gasteiger partial charge < -0.3 is 24.8 Å². The van der Waals surface area contributed by atoms with Crippen LogP contribution in [0.3, 0.4) is 0 Å². The Balaban J connectivity index is 1.78. The van der Waals surface area contributed by atoms with Crippen LogP contribution in [0, 0.1) is 6.92 Å². The van der Waals surface area contributed by atoms with Crippen molar-refractivity contribution in [1.82, 2.24) is 0 Å². The van der Waals surface area contributed by atoms with Crippen molar-refractivity contribution in [3.05, 3.63) is 76.8 Å². The van der Waals surface area contributed by atoms with Crippen molar-refractivity contribution in [2.45, 2.75) is 20.0 Å². The quantitative estimate of drug-likeness (QED) is 0.467. The fourth-order valence-electron chi connectivity index (χ4n) is 3.10. The van der Waals surface area contributed by atoms with E-state index in [0.29, 0.717) is 39.2 Å². The lowest BCUT2D eigenvalue weighted by Gasteiger charge is -2.19. The molecule has 3 aromatic carbocycles. The maximum absolute atomic E-state index is 12.8. The van der Waals surface area contributed by atoms with E-state index in [1.165, 1.54) is 14.2 Å². The van der Waals surface area contributed by atoms with Crippen molar-refractivity contribution < 1.29 is 23.8 Å². The molecule has 0 aromatic heterocycles. The van der Waals surface area contributed by atoms with Crippen LogP contribution >= 0.6 is 11.6 Å². The number of amides is 2. The fourth-order valence-corrected chi connectivity index (χ4v) is 3.33. The first-order valence-electron chi connectivity index (χ1n) is 10.2. The fraction of sp³-hybridized carbons (Fsp3) is 0.200. The van der Waals surface area contributed by atoms with Crippen molar-refractivity contribution in [1.29, 1.82) is 0 Å². The SMILES string of the molecule is COc1cc(NC(=O)C(C)Oc2ccc(Cl)cc2C)c(OC)cc1NC(=O)c1ccccc1. The Morgan fingerprint density at radius 1 is 0.848 bits per heavy atom. The molecule has 1 atom stereocenters. The Labute approximate surface area is 197 Å². The third kappa shape index (κ3) is 5.96. The number of benzene rings is 3. The van der Waals surface area contributed by atoms with E-state index in [-0.39, 0.29) is 11.8 Å². The number of carbonyl (C=O) groups excluding carboxylic acids is 2. The molecule has 0 saturated carbocycles. The number of hydrogen-bond acceptors (Lipinski definition) is 5. The third-order valence-electron chi connectivity index (χ3n) is 4.87. The molecule has 0 spiro atoms. The highest BCUT2D eigenvalue weighted by Crippen LogP contribution is 2.37. The van der Waals surface area contributed by atoms with E-state index >= 15 is 0 Å². The molecule has 172 valence electrons. The van der Waals surface area contributed by atoms with E-state index in [2.05, 4.69) is 10.6 Å². The lowest BCUT2D eigenvalue weighted by Crippen LogP contribution is -2.30. The first-order valence-corrected chi connectivity index (χ1v) is 10.6. The maximum Gasteiger partial charge on any atom is 0.265 e. The Bertz CT molecular complexity index is 1150. The molecule has 0 fully saturated rings. The zero-order valence-electron chi connectivity index (χ0n) is 18.8. The zero-order valence-corrected chi connectivity index (χ0v) is 19.5. The highest BCUT2D eigenvalue weighted by atomic mass is 35.5. The summed E-state index contributed by atoms with van der Waals surface area (Å²) in [6.07, 6.45) is -0.793. The van der Waals surface area contributed by atoms with E-state index < -0.39 is 6.10 Å². The molecule has 2 amide bonds. The number of aryl methyl sites for hydroxylation is 1. The Hall–Kier alpha value is -3.71. The molecule has 0 heterocycles. The molecule has 33 heavy (non-hydrogen) atoms. The number of rotatable bonds is 8. The number of hydrogen-bond donors (Lipinski definition) is 2. The second-order valence-corrected chi connectivity index (χ2v) is 7.67. The summed E-state index contributed by atoms with van der Waals surface area (Å²) in [5.41, 5.74) is 2.10. The summed E-state index contributed by atoms with van der Waals surface area (Å²) < 4.78 is 16.6. The summed E-state index contributed by atoms with van der Waals surface area (Å²) in [6, 6.07) is 17.1. The standard InChI is InChI=1S/C25H25ClN2O5/c1-15-12-18(26)10-11-21(15)33-16(2)24(29)27-19-13-23(32-4)20(14-22(19)31-3)28-25(30)17-8-6-5-7-9-17/h5-14,16H,1-4H3,(H,27,29)(H,28,30). The predicted octanol–water partition coefficient (Wildman–Crippen LogP) is 5.32. The summed E-state index contributed by atoms with van der Waals surface area (Å²) in [5.74, 6) is 0.587. The van der Waals surface area contributed by atoms with Crippen LogP contribution in [0.2, 0.25) is 5.02 Å². The van der Waals surface area contributed by atoms with Gasteiger partial charge in [-0.15, -0.1) is 0 Å². The minimum Gasteiger partial charge on any atom is -0.494 e. The Morgan fingerprint density at radius 3 is 2.03 bits per heavy atom. The van der Waals surface area contributed by atoms with Crippen LogP contribution in [0.25, 0.3) is 0 Å². The maximum atomic E-state index is 12.8. The van der Waals surface area contributed by atoms with Gasteiger partial charge in [0.05, 0.1) is 25.6 Å². The number of anilines is 2. The number of nitrogens with one attached hydrogen (secondary N) is 2. The normalized spacial score (nSPS) is 11.3. The van der Waals surface area contributed by atoms with Crippen LogP contribution in [0.1, 0.15) is 22.8 Å². The van der Waals surface area contributed by atoms with Crippen LogP contribution in [0.5, 0.6) is 17.2 Å². The summed E-state index contributed by atoms with van der Waals surface area (Å²) in [6.45, 7) is 3.49. The molecule has 0 aliphatic rings. The number of halogens is 1. The third-order valence-corrected chi connectivity index (χ3v) is 5.11. The molecule has 8 heteroatoms. The monoisotopic (exact) mass is 468 g/mol. The topological polar surface area (TPSA) is 85.9 Å². The second kappa shape index (κ2) is 10.7. The van der Waals surface area contributed by atoms with Crippen LogP contribution in [0.15, 0.2) is 60.7 Å². The zero-order chi connectivity index (χ0) is 24.0. The van der Waals surface area contributed by atoms with Crippen LogP contribution in [-0.2, 0) is 4.79 Å². The van der Waals surface area contributed by atoms with Crippen LogP contribution in [-0.4, -0.2) is 32.1 Å². The minimum absolute atomic E-state index is 0.298. The number of methoxy groups -OCH3 is 2. The number of ether oxygens (including phenoxy) is 3. The average molecular weight is 469 g/mol. The molecule has 2 N–H and O–H groups in total. The summed E-state index contributed by atoms with van der Waals surface area (Å²) >= 11 is 5.98. The predicted molar refractivity (Wildman–Crippen MR) is 129 cm³/mol. The first-order chi connectivity index (χ1) is 15.8. The van der Waals surface area contributed by atoms with E-state index in [4.69, 9.17) is 25.8 Å². The molecule has 0 saturated heterocycles. The summed E-state index contributed by atoms with van der Waals surface area (Å²) in [4.78, 5) is 25.3. The molecule has 1 unspecified atom stereocenters. The Morgan fingerprint density at radius 2 is 1.45 bits per heavy atom. The van der Waals surface area contributed by atoms with Gasteiger partial charge in [0.2, 0.25) is 0 Å². The van der Waals surface area contributed by atoms with Crippen molar-refractivity contribution in [2.75, 3.05) is 24.9 Å². The smallest absolute Gasteiger partial charge is 0.265 e. The Kier molecular flexibility index (Phi) is 7.79. The van der Waals surface area contributed by atoms with Gasteiger partial charge in [-0.05, 0) is 49.7 Å². The van der Waals surface area contributed by atoms with Gasteiger partial charge in [-0.25, -0.2) is 0 Å². The van der Waals surface area contributed by atoms with Crippen molar-refractivity contribution in [2.24, 2.45) is 0 Å². The van der Waals surface area contributed by atoms with E-state index in [9.17, 15) is 9.59 Å². The molecule has 0 bridgehead atoms.